The van der Waals surface area contributed by atoms with Crippen molar-refractivity contribution in [1.29, 1.82) is 0 Å². The van der Waals surface area contributed by atoms with Gasteiger partial charge in [0.25, 0.3) is 5.91 Å². The molecule has 33 heavy (non-hydrogen) atoms. The normalized spacial score (nSPS) is 18.7. The Morgan fingerprint density at radius 1 is 1.12 bits per heavy atom. The van der Waals surface area contributed by atoms with Crippen molar-refractivity contribution in [2.45, 2.75) is 13.0 Å². The number of amides is 1. The summed E-state index contributed by atoms with van der Waals surface area (Å²) in [4.78, 5) is 31.3. The first-order valence-electron chi connectivity index (χ1n) is 11.0. The van der Waals surface area contributed by atoms with Crippen molar-refractivity contribution in [1.82, 2.24) is 9.80 Å². The van der Waals surface area contributed by atoms with Gasteiger partial charge in [0.2, 0.25) is 5.76 Å². The van der Waals surface area contributed by atoms with Crippen molar-refractivity contribution in [2.75, 3.05) is 46.5 Å². The van der Waals surface area contributed by atoms with Crippen LogP contribution in [-0.4, -0.2) is 62.2 Å². The summed E-state index contributed by atoms with van der Waals surface area (Å²) in [6.07, 6.45) is 0. The number of aryl methyl sites for hydroxylation is 1. The predicted octanol–water partition coefficient (Wildman–Crippen LogP) is 3.64. The molecule has 2 aliphatic rings. The second-order valence-electron chi connectivity index (χ2n) is 8.37. The van der Waals surface area contributed by atoms with E-state index in [4.69, 9.17) is 25.5 Å². The van der Waals surface area contributed by atoms with E-state index in [9.17, 15) is 9.59 Å². The van der Waals surface area contributed by atoms with Gasteiger partial charge in [0.05, 0.1) is 37.3 Å². The first-order chi connectivity index (χ1) is 16.0. The van der Waals surface area contributed by atoms with Crippen molar-refractivity contribution >= 4 is 28.5 Å². The Kier molecular flexibility index (Phi) is 5.86. The van der Waals surface area contributed by atoms with E-state index in [1.54, 1.807) is 24.1 Å². The minimum atomic E-state index is -0.606. The molecule has 5 rings (SSSR count). The third-order valence-electron chi connectivity index (χ3n) is 6.44. The third-order valence-corrected chi connectivity index (χ3v) is 6.85. The lowest BCUT2D eigenvalue weighted by molar-refractivity contribution is 0.0314. The number of carbonyl (C=O) groups is 1. The second kappa shape index (κ2) is 8.82. The molecule has 0 N–H and O–H groups in total. The lowest BCUT2D eigenvalue weighted by atomic mass is 9.97. The van der Waals surface area contributed by atoms with Crippen LogP contribution in [0.3, 0.4) is 0 Å². The predicted molar refractivity (Wildman–Crippen MR) is 125 cm³/mol. The summed E-state index contributed by atoms with van der Waals surface area (Å²) in [6, 6.07) is 10.2. The van der Waals surface area contributed by atoms with Gasteiger partial charge >= 0.3 is 0 Å². The number of benzene rings is 2. The Morgan fingerprint density at radius 3 is 2.64 bits per heavy atom. The number of rotatable bonds is 5. The summed E-state index contributed by atoms with van der Waals surface area (Å²) in [7, 11) is 1.58. The first-order valence-corrected chi connectivity index (χ1v) is 11.4. The molecule has 3 aromatic rings. The molecular formula is C25H25ClN2O5. The zero-order valence-corrected chi connectivity index (χ0v) is 19.4. The van der Waals surface area contributed by atoms with Gasteiger partial charge < -0.3 is 18.8 Å². The molecule has 3 heterocycles. The van der Waals surface area contributed by atoms with E-state index >= 15 is 0 Å². The van der Waals surface area contributed by atoms with E-state index < -0.39 is 6.04 Å². The van der Waals surface area contributed by atoms with Crippen LogP contribution in [0.15, 0.2) is 45.6 Å². The maximum absolute atomic E-state index is 13.7. The van der Waals surface area contributed by atoms with Gasteiger partial charge in [0, 0.05) is 36.8 Å². The van der Waals surface area contributed by atoms with Crippen LogP contribution in [-0.2, 0) is 4.74 Å². The highest BCUT2D eigenvalue weighted by Gasteiger charge is 2.43. The Labute approximate surface area is 196 Å². The summed E-state index contributed by atoms with van der Waals surface area (Å²) in [5.74, 6) is 0.411. The summed E-state index contributed by atoms with van der Waals surface area (Å²) in [5, 5.41) is 0.851. The summed E-state index contributed by atoms with van der Waals surface area (Å²) in [5.41, 5.74) is 1.98. The van der Waals surface area contributed by atoms with Crippen LogP contribution in [0, 0.1) is 6.92 Å². The maximum atomic E-state index is 13.7. The fourth-order valence-corrected chi connectivity index (χ4v) is 4.82. The molecule has 7 nitrogen and oxygen atoms in total. The topological polar surface area (TPSA) is 72.2 Å². The van der Waals surface area contributed by atoms with Crippen LogP contribution in [0.4, 0.5) is 0 Å². The smallest absolute Gasteiger partial charge is 0.290 e. The van der Waals surface area contributed by atoms with Crippen molar-refractivity contribution in [3.05, 3.63) is 74.1 Å². The van der Waals surface area contributed by atoms with Gasteiger partial charge in [-0.25, -0.2) is 0 Å². The molecule has 0 bridgehead atoms. The molecule has 1 aromatic heterocycles. The summed E-state index contributed by atoms with van der Waals surface area (Å²) in [6.45, 7) is 5.93. The number of hydrogen-bond acceptors (Lipinski definition) is 6. The summed E-state index contributed by atoms with van der Waals surface area (Å²) < 4.78 is 17.1. The number of carbonyl (C=O) groups excluding carboxylic acids is 1. The molecule has 1 fully saturated rings. The van der Waals surface area contributed by atoms with E-state index in [1.807, 2.05) is 31.2 Å². The molecule has 1 atom stereocenters. The average molecular weight is 469 g/mol. The number of morpholine rings is 1. The minimum Gasteiger partial charge on any atom is -0.496 e. The van der Waals surface area contributed by atoms with Gasteiger partial charge in [0.1, 0.15) is 11.3 Å². The van der Waals surface area contributed by atoms with Gasteiger partial charge in [-0.05, 0) is 30.7 Å². The van der Waals surface area contributed by atoms with Crippen molar-refractivity contribution in [3.8, 4) is 5.75 Å². The maximum Gasteiger partial charge on any atom is 0.290 e. The van der Waals surface area contributed by atoms with Crippen molar-refractivity contribution < 1.29 is 18.7 Å². The largest absolute Gasteiger partial charge is 0.496 e. The van der Waals surface area contributed by atoms with Gasteiger partial charge in [-0.15, -0.1) is 0 Å². The average Bonchev–Trinajstić information content (AvgIpc) is 3.11. The van der Waals surface area contributed by atoms with Crippen LogP contribution in [0.5, 0.6) is 5.75 Å². The number of fused-ring (bicyclic) bond motifs is 2. The van der Waals surface area contributed by atoms with Gasteiger partial charge in [-0.1, -0.05) is 29.8 Å². The Morgan fingerprint density at radius 2 is 1.88 bits per heavy atom. The Hall–Kier alpha value is -2.87. The monoisotopic (exact) mass is 468 g/mol. The highest BCUT2D eigenvalue weighted by Crippen LogP contribution is 2.41. The molecule has 2 aromatic carbocycles. The quantitative estimate of drug-likeness (QED) is 0.569. The fourth-order valence-electron chi connectivity index (χ4n) is 4.66. The second-order valence-corrected chi connectivity index (χ2v) is 8.78. The zero-order valence-electron chi connectivity index (χ0n) is 18.6. The zero-order chi connectivity index (χ0) is 23.1. The Balaban J connectivity index is 1.65. The van der Waals surface area contributed by atoms with E-state index in [2.05, 4.69) is 4.90 Å². The number of halogens is 1. The lowest BCUT2D eigenvalue weighted by Crippen LogP contribution is -2.42. The molecule has 1 unspecified atom stereocenters. The van der Waals surface area contributed by atoms with E-state index in [1.165, 1.54) is 0 Å². The molecule has 0 spiro atoms. The molecule has 0 saturated carbocycles. The molecule has 2 aliphatic heterocycles. The lowest BCUT2D eigenvalue weighted by Gasteiger charge is -2.31. The van der Waals surface area contributed by atoms with Crippen molar-refractivity contribution in [2.24, 2.45) is 0 Å². The highest BCUT2D eigenvalue weighted by atomic mass is 35.5. The number of para-hydroxylation sites is 1. The van der Waals surface area contributed by atoms with Gasteiger partial charge in [-0.2, -0.15) is 0 Å². The number of hydrogen-bond donors (Lipinski definition) is 0. The van der Waals surface area contributed by atoms with Crippen LogP contribution in [0.2, 0.25) is 5.02 Å². The van der Waals surface area contributed by atoms with Crippen LogP contribution < -0.4 is 10.2 Å². The number of methoxy groups -OCH3 is 1. The fraction of sp³-hybridized carbons (Fsp3) is 0.360. The third kappa shape index (κ3) is 3.80. The molecule has 172 valence electrons. The molecule has 0 radical (unpaired) electrons. The molecule has 0 aliphatic carbocycles. The standard InChI is InChI=1S/C25H25ClN2O5/c1-15-13-20-17(14-18(15)26)23(29)21-22(16-5-3-4-6-19(16)31-2)28(25(30)24(21)33-20)8-7-27-9-11-32-12-10-27/h3-6,13-14,22H,7-12H2,1-2H3. The van der Waals surface area contributed by atoms with E-state index in [0.717, 1.165) is 24.2 Å². The highest BCUT2D eigenvalue weighted by molar-refractivity contribution is 6.32. The SMILES string of the molecule is COc1ccccc1C1c2c(oc3cc(C)c(Cl)cc3c2=O)C(=O)N1CCN1CCOCC1. The molecular weight excluding hydrogens is 444 g/mol. The minimum absolute atomic E-state index is 0.0899. The van der Waals surface area contributed by atoms with Gasteiger partial charge in [-0.3, -0.25) is 14.5 Å². The van der Waals surface area contributed by atoms with E-state index in [-0.39, 0.29) is 17.1 Å². The number of nitrogens with zero attached hydrogens (tertiary/aromatic N) is 2. The summed E-state index contributed by atoms with van der Waals surface area (Å²) >= 11 is 6.31. The van der Waals surface area contributed by atoms with E-state index in [0.29, 0.717) is 53.6 Å². The number of ether oxygens (including phenoxy) is 2. The molecule has 1 saturated heterocycles. The molecule has 1 amide bonds. The molecule has 8 heteroatoms. The van der Waals surface area contributed by atoms with Crippen LogP contribution in [0.25, 0.3) is 11.0 Å². The van der Waals surface area contributed by atoms with Gasteiger partial charge in [0.15, 0.2) is 5.43 Å². The van der Waals surface area contributed by atoms with Crippen LogP contribution >= 0.6 is 11.6 Å². The van der Waals surface area contributed by atoms with Crippen molar-refractivity contribution in [3.63, 3.8) is 0 Å². The Bertz CT molecular complexity index is 1280. The first kappa shape index (κ1) is 21.9. The van der Waals surface area contributed by atoms with Crippen LogP contribution in [0.1, 0.15) is 33.3 Å².